The summed E-state index contributed by atoms with van der Waals surface area (Å²) in [5.41, 5.74) is 0.814. The first-order valence-electron chi connectivity index (χ1n) is 9.14. The van der Waals surface area contributed by atoms with E-state index in [-0.39, 0.29) is 11.9 Å². The van der Waals surface area contributed by atoms with Gasteiger partial charge < -0.3 is 9.42 Å². The molecule has 0 aliphatic heterocycles. The molecule has 0 aromatic carbocycles. The van der Waals surface area contributed by atoms with Crippen LogP contribution in [-0.2, 0) is 11.2 Å². The second kappa shape index (κ2) is 7.76. The lowest BCUT2D eigenvalue weighted by atomic mass is 9.98. The van der Waals surface area contributed by atoms with Crippen molar-refractivity contribution in [2.75, 3.05) is 0 Å². The zero-order chi connectivity index (χ0) is 17.8. The molecule has 0 radical (unpaired) electrons. The highest BCUT2D eigenvalue weighted by Gasteiger charge is 2.36. The van der Waals surface area contributed by atoms with Crippen LogP contribution in [0.3, 0.4) is 0 Å². The number of rotatable bonds is 8. The molecule has 2 unspecified atom stereocenters. The van der Waals surface area contributed by atoms with Crippen LogP contribution in [0.25, 0.3) is 11.4 Å². The Kier molecular flexibility index (Phi) is 5.46. The van der Waals surface area contributed by atoms with Crippen LogP contribution in [0.15, 0.2) is 29.0 Å². The van der Waals surface area contributed by atoms with Crippen LogP contribution in [0, 0.1) is 5.92 Å². The summed E-state index contributed by atoms with van der Waals surface area (Å²) < 4.78 is 5.29. The van der Waals surface area contributed by atoms with Gasteiger partial charge in [0.25, 0.3) is 0 Å². The summed E-state index contributed by atoms with van der Waals surface area (Å²) in [6.45, 7) is 6.55. The van der Waals surface area contributed by atoms with E-state index in [1.165, 1.54) is 0 Å². The Balaban J connectivity index is 1.60. The van der Waals surface area contributed by atoms with Crippen LogP contribution in [0.1, 0.15) is 52.3 Å². The number of amides is 1. The van der Waals surface area contributed by atoms with Gasteiger partial charge in [0, 0.05) is 42.9 Å². The Bertz CT molecular complexity index is 696. The molecule has 1 saturated carbocycles. The Labute approximate surface area is 148 Å². The van der Waals surface area contributed by atoms with E-state index in [1.807, 2.05) is 12.1 Å². The predicted octanol–water partition coefficient (Wildman–Crippen LogP) is 3.49. The number of carbonyl (C=O) groups is 1. The van der Waals surface area contributed by atoms with Crippen LogP contribution < -0.4 is 0 Å². The van der Waals surface area contributed by atoms with Gasteiger partial charge in [-0.1, -0.05) is 25.4 Å². The zero-order valence-electron chi connectivity index (χ0n) is 15.2. The van der Waals surface area contributed by atoms with Crippen molar-refractivity contribution in [2.45, 2.75) is 65.0 Å². The van der Waals surface area contributed by atoms with Crippen LogP contribution in [-0.4, -0.2) is 38.0 Å². The predicted molar refractivity (Wildman–Crippen MR) is 94.6 cm³/mol. The van der Waals surface area contributed by atoms with Crippen molar-refractivity contribution in [1.29, 1.82) is 0 Å². The van der Waals surface area contributed by atoms with E-state index in [0.29, 0.717) is 36.5 Å². The highest BCUT2D eigenvalue weighted by molar-refractivity contribution is 5.77. The lowest BCUT2D eigenvalue weighted by Gasteiger charge is -2.33. The molecule has 1 aliphatic carbocycles. The number of carbonyl (C=O) groups excluding carboxylic acids is 1. The molecule has 3 rings (SSSR count). The van der Waals surface area contributed by atoms with Crippen LogP contribution in [0.5, 0.6) is 0 Å². The fourth-order valence-corrected chi connectivity index (χ4v) is 3.04. The molecule has 2 aromatic rings. The standard InChI is InChI=1S/C19H26N4O2/c1-4-13(2)14(3)23(16-7-8-16)18(24)10-9-17-21-19(22-25-17)15-6-5-11-20-12-15/h5-6,11-14,16H,4,7-10H2,1-3H3. The quantitative estimate of drug-likeness (QED) is 0.734. The van der Waals surface area contributed by atoms with Crippen LogP contribution in [0.2, 0.25) is 0 Å². The molecule has 2 aromatic heterocycles. The largest absolute Gasteiger partial charge is 0.339 e. The molecule has 0 saturated heterocycles. The zero-order valence-corrected chi connectivity index (χ0v) is 15.2. The lowest BCUT2D eigenvalue weighted by molar-refractivity contribution is -0.135. The highest BCUT2D eigenvalue weighted by atomic mass is 16.5. The maximum absolute atomic E-state index is 12.8. The summed E-state index contributed by atoms with van der Waals surface area (Å²) in [6.07, 6.45) is 7.61. The minimum Gasteiger partial charge on any atom is -0.339 e. The van der Waals surface area contributed by atoms with Gasteiger partial charge in [-0.05, 0) is 37.8 Å². The Morgan fingerprint density at radius 2 is 2.20 bits per heavy atom. The summed E-state index contributed by atoms with van der Waals surface area (Å²) >= 11 is 0. The van der Waals surface area contributed by atoms with Gasteiger partial charge in [-0.3, -0.25) is 9.78 Å². The van der Waals surface area contributed by atoms with Gasteiger partial charge in [0.1, 0.15) is 0 Å². The Hall–Kier alpha value is -2.24. The summed E-state index contributed by atoms with van der Waals surface area (Å²) in [5.74, 6) is 1.71. The topological polar surface area (TPSA) is 72.1 Å². The number of pyridine rings is 1. The minimum atomic E-state index is 0.191. The summed E-state index contributed by atoms with van der Waals surface area (Å²) in [7, 11) is 0. The highest BCUT2D eigenvalue weighted by Crippen LogP contribution is 2.32. The number of aromatic nitrogens is 3. The normalized spacial score (nSPS) is 16.4. The Morgan fingerprint density at radius 1 is 1.40 bits per heavy atom. The van der Waals surface area contributed by atoms with E-state index in [0.717, 1.165) is 24.8 Å². The van der Waals surface area contributed by atoms with Gasteiger partial charge in [0.2, 0.25) is 17.6 Å². The average molecular weight is 342 g/mol. The Morgan fingerprint density at radius 3 is 2.84 bits per heavy atom. The van der Waals surface area contributed by atoms with E-state index in [9.17, 15) is 4.79 Å². The molecule has 0 spiro atoms. The first-order chi connectivity index (χ1) is 12.1. The third-order valence-electron chi connectivity index (χ3n) is 5.08. The van der Waals surface area contributed by atoms with Crippen molar-refractivity contribution in [1.82, 2.24) is 20.0 Å². The third kappa shape index (κ3) is 4.24. The van der Waals surface area contributed by atoms with Gasteiger partial charge in [0.05, 0.1) is 0 Å². The first kappa shape index (κ1) is 17.6. The van der Waals surface area contributed by atoms with E-state index >= 15 is 0 Å². The van der Waals surface area contributed by atoms with Crippen molar-refractivity contribution in [3.05, 3.63) is 30.4 Å². The molecule has 1 aliphatic rings. The summed E-state index contributed by atoms with van der Waals surface area (Å²) in [6, 6.07) is 4.41. The van der Waals surface area contributed by atoms with E-state index in [4.69, 9.17) is 4.52 Å². The molecule has 1 amide bonds. The number of hydrogen-bond donors (Lipinski definition) is 0. The van der Waals surface area contributed by atoms with Crippen molar-refractivity contribution in [3.63, 3.8) is 0 Å². The van der Waals surface area contributed by atoms with Gasteiger partial charge >= 0.3 is 0 Å². The molecular formula is C19H26N4O2. The molecule has 2 atom stereocenters. The SMILES string of the molecule is CCC(C)C(C)N(C(=O)CCc1nc(-c2cccnc2)no1)C1CC1. The van der Waals surface area contributed by atoms with Gasteiger partial charge in [-0.2, -0.15) is 4.98 Å². The van der Waals surface area contributed by atoms with Gasteiger partial charge in [-0.25, -0.2) is 0 Å². The molecule has 2 heterocycles. The second-order valence-corrected chi connectivity index (χ2v) is 6.91. The third-order valence-corrected chi connectivity index (χ3v) is 5.08. The minimum absolute atomic E-state index is 0.191. The number of aryl methyl sites for hydroxylation is 1. The smallest absolute Gasteiger partial charge is 0.227 e. The molecule has 6 heteroatoms. The fraction of sp³-hybridized carbons (Fsp3) is 0.579. The second-order valence-electron chi connectivity index (χ2n) is 6.91. The molecule has 0 bridgehead atoms. The summed E-state index contributed by atoms with van der Waals surface area (Å²) in [4.78, 5) is 23.3. The average Bonchev–Trinajstić information content (AvgIpc) is 3.35. The molecule has 0 N–H and O–H groups in total. The fourth-order valence-electron chi connectivity index (χ4n) is 3.04. The molecule has 25 heavy (non-hydrogen) atoms. The van der Waals surface area contributed by atoms with Crippen molar-refractivity contribution < 1.29 is 9.32 Å². The van der Waals surface area contributed by atoms with Crippen molar-refractivity contribution in [3.8, 4) is 11.4 Å². The van der Waals surface area contributed by atoms with Crippen LogP contribution in [0.4, 0.5) is 0 Å². The van der Waals surface area contributed by atoms with E-state index in [1.54, 1.807) is 12.4 Å². The molecule has 1 fully saturated rings. The first-order valence-corrected chi connectivity index (χ1v) is 9.14. The van der Waals surface area contributed by atoms with E-state index in [2.05, 4.69) is 40.8 Å². The summed E-state index contributed by atoms with van der Waals surface area (Å²) in [5, 5.41) is 3.98. The number of hydrogen-bond acceptors (Lipinski definition) is 5. The maximum Gasteiger partial charge on any atom is 0.227 e. The molecule has 6 nitrogen and oxygen atoms in total. The van der Waals surface area contributed by atoms with Crippen LogP contribution >= 0.6 is 0 Å². The molecule has 134 valence electrons. The van der Waals surface area contributed by atoms with Crippen molar-refractivity contribution in [2.24, 2.45) is 5.92 Å². The van der Waals surface area contributed by atoms with Gasteiger partial charge in [0.15, 0.2) is 0 Å². The maximum atomic E-state index is 12.8. The molecular weight excluding hydrogens is 316 g/mol. The van der Waals surface area contributed by atoms with Crippen molar-refractivity contribution >= 4 is 5.91 Å². The van der Waals surface area contributed by atoms with E-state index < -0.39 is 0 Å². The monoisotopic (exact) mass is 342 g/mol. The van der Waals surface area contributed by atoms with Gasteiger partial charge in [-0.15, -0.1) is 0 Å². The lowest BCUT2D eigenvalue weighted by Crippen LogP contribution is -2.43. The number of nitrogens with zero attached hydrogens (tertiary/aromatic N) is 4.